The van der Waals surface area contributed by atoms with E-state index in [0.29, 0.717) is 5.62 Å². The number of aryl methyl sites for hydroxylation is 1. The van der Waals surface area contributed by atoms with E-state index in [0.717, 1.165) is 59.8 Å². The number of hydrogen-bond donors (Lipinski definition) is 3. The molecular formula is C21H22FN7O. The van der Waals surface area contributed by atoms with Crippen molar-refractivity contribution >= 4 is 17.5 Å². The molecule has 1 aromatic carbocycles. The highest BCUT2D eigenvalue weighted by molar-refractivity contribution is 5.92. The van der Waals surface area contributed by atoms with Crippen LogP contribution < -0.4 is 21.6 Å². The second-order valence-corrected chi connectivity index (χ2v) is 7.68. The fourth-order valence-corrected chi connectivity index (χ4v) is 3.80. The van der Waals surface area contributed by atoms with Crippen LogP contribution in [-0.4, -0.2) is 40.2 Å². The largest absolute Gasteiger partial charge is 0.369 e. The van der Waals surface area contributed by atoms with Crippen LogP contribution in [0, 0.1) is 12.7 Å². The molecule has 1 fully saturated rings. The van der Waals surface area contributed by atoms with Gasteiger partial charge in [0.1, 0.15) is 17.5 Å². The first-order valence-electron chi connectivity index (χ1n) is 9.99. The van der Waals surface area contributed by atoms with Gasteiger partial charge in [-0.05, 0) is 49.1 Å². The quantitative estimate of drug-likeness (QED) is 0.622. The molecule has 2 amide bonds. The molecule has 9 heteroatoms. The van der Waals surface area contributed by atoms with Crippen LogP contribution in [0.5, 0.6) is 0 Å². The molecule has 30 heavy (non-hydrogen) atoms. The zero-order chi connectivity index (χ0) is 20.8. The van der Waals surface area contributed by atoms with E-state index in [9.17, 15) is 9.18 Å². The van der Waals surface area contributed by atoms with Gasteiger partial charge in [-0.3, -0.25) is 4.99 Å². The standard InChI is InChI=1S/C21H22FN7O/c1-11-7-16(22)17(27-21(30)26-13-3-4-13)9-14(11)15-8-12-10-25-20(23-2)28-18(12)29-6-5-24-19(15)29/h7-10,13,24H,3-6H2,1-2H3,(H2,26,27,30). The first kappa shape index (κ1) is 18.5. The number of anilines is 2. The summed E-state index contributed by atoms with van der Waals surface area (Å²) >= 11 is 0. The molecule has 4 aliphatic rings. The average Bonchev–Trinajstić information content (AvgIpc) is 3.39. The minimum atomic E-state index is -0.460. The topological polar surface area (TPSA) is 96.2 Å². The highest BCUT2D eigenvalue weighted by Gasteiger charge is 2.25. The zero-order valence-corrected chi connectivity index (χ0v) is 16.8. The molecule has 1 aromatic rings. The Morgan fingerprint density at radius 2 is 2.13 bits per heavy atom. The summed E-state index contributed by atoms with van der Waals surface area (Å²) in [6.45, 7) is 3.39. The zero-order valence-electron chi connectivity index (χ0n) is 16.8. The SMILES string of the molecule is CN=c1ncc2cc(-c3cc(NC(=O)NC4CC4)c(F)cc3C)c3n(c-2n1)CCN3. The van der Waals surface area contributed by atoms with Gasteiger partial charge in [0, 0.05) is 43.5 Å². The van der Waals surface area contributed by atoms with E-state index in [4.69, 9.17) is 0 Å². The monoisotopic (exact) mass is 407 g/mol. The molecule has 0 bridgehead atoms. The molecule has 0 spiro atoms. The Balaban J connectivity index is 1.62. The maximum atomic E-state index is 14.6. The Morgan fingerprint density at radius 1 is 1.30 bits per heavy atom. The van der Waals surface area contributed by atoms with Gasteiger partial charge in [-0.25, -0.2) is 14.2 Å². The third-order valence-electron chi connectivity index (χ3n) is 5.46. The van der Waals surface area contributed by atoms with Crippen molar-refractivity contribution in [1.29, 1.82) is 0 Å². The molecule has 0 saturated heterocycles. The number of urea groups is 1. The first-order valence-corrected chi connectivity index (χ1v) is 9.99. The van der Waals surface area contributed by atoms with Gasteiger partial charge >= 0.3 is 6.03 Å². The second kappa shape index (κ2) is 7.08. The van der Waals surface area contributed by atoms with Crippen molar-refractivity contribution in [3.05, 3.63) is 41.4 Å². The van der Waals surface area contributed by atoms with Gasteiger partial charge in [0.2, 0.25) is 5.62 Å². The van der Waals surface area contributed by atoms with Gasteiger partial charge in [-0.1, -0.05) is 0 Å². The lowest BCUT2D eigenvalue weighted by Gasteiger charge is -2.19. The molecule has 5 rings (SSSR count). The number of benzene rings is 1. The minimum absolute atomic E-state index is 0.155. The molecule has 0 atom stereocenters. The minimum Gasteiger partial charge on any atom is -0.369 e. The molecule has 0 unspecified atom stereocenters. The summed E-state index contributed by atoms with van der Waals surface area (Å²) in [5.41, 5.74) is 3.98. The molecule has 0 aromatic heterocycles. The number of nitrogens with zero attached hydrogens (tertiary/aromatic N) is 4. The molecule has 8 nitrogen and oxygen atoms in total. The third kappa shape index (κ3) is 3.26. The van der Waals surface area contributed by atoms with E-state index >= 15 is 0 Å². The summed E-state index contributed by atoms with van der Waals surface area (Å²) in [7, 11) is 1.66. The van der Waals surface area contributed by atoms with Crippen LogP contribution in [-0.2, 0) is 6.54 Å². The van der Waals surface area contributed by atoms with Crippen molar-refractivity contribution in [2.24, 2.45) is 4.99 Å². The Kier molecular flexibility index (Phi) is 4.38. The van der Waals surface area contributed by atoms with Crippen molar-refractivity contribution in [3.8, 4) is 22.5 Å². The van der Waals surface area contributed by atoms with E-state index < -0.39 is 5.82 Å². The van der Waals surface area contributed by atoms with E-state index in [-0.39, 0.29) is 17.8 Å². The highest BCUT2D eigenvalue weighted by atomic mass is 19.1. The fraction of sp³-hybridized carbons (Fsp3) is 0.333. The number of carbonyl (C=O) groups excluding carboxylic acids is 1. The van der Waals surface area contributed by atoms with E-state index in [2.05, 4.69) is 35.5 Å². The van der Waals surface area contributed by atoms with Crippen LogP contribution in [0.2, 0.25) is 0 Å². The van der Waals surface area contributed by atoms with Crippen LogP contribution in [0.15, 0.2) is 29.4 Å². The van der Waals surface area contributed by atoms with Crippen LogP contribution in [0.1, 0.15) is 18.4 Å². The molecule has 1 saturated carbocycles. The Hall–Kier alpha value is -3.49. The lowest BCUT2D eigenvalue weighted by Crippen LogP contribution is -2.30. The normalized spacial score (nSPS) is 15.8. The number of halogens is 1. The number of pyridine rings is 1. The van der Waals surface area contributed by atoms with Crippen molar-refractivity contribution in [2.45, 2.75) is 32.4 Å². The molecule has 3 N–H and O–H groups in total. The van der Waals surface area contributed by atoms with Gasteiger partial charge in [0.05, 0.1) is 5.69 Å². The number of fused-ring (bicyclic) bond motifs is 3. The maximum Gasteiger partial charge on any atom is 0.319 e. The van der Waals surface area contributed by atoms with Crippen LogP contribution in [0.25, 0.3) is 22.5 Å². The van der Waals surface area contributed by atoms with E-state index in [1.54, 1.807) is 19.3 Å². The van der Waals surface area contributed by atoms with Crippen LogP contribution in [0.3, 0.4) is 0 Å². The highest BCUT2D eigenvalue weighted by Crippen LogP contribution is 2.39. The molecule has 3 aliphatic heterocycles. The van der Waals surface area contributed by atoms with Gasteiger partial charge in [0.25, 0.3) is 0 Å². The predicted octanol–water partition coefficient (Wildman–Crippen LogP) is 2.74. The van der Waals surface area contributed by atoms with E-state index in [1.807, 2.05) is 13.0 Å². The number of carbonyl (C=O) groups is 1. The van der Waals surface area contributed by atoms with E-state index in [1.165, 1.54) is 6.07 Å². The smallest absolute Gasteiger partial charge is 0.319 e. The third-order valence-corrected chi connectivity index (χ3v) is 5.46. The number of nitrogens with one attached hydrogen (secondary N) is 3. The van der Waals surface area contributed by atoms with Crippen molar-refractivity contribution < 1.29 is 9.18 Å². The molecule has 154 valence electrons. The summed E-state index contributed by atoms with van der Waals surface area (Å²) < 4.78 is 16.7. The van der Waals surface area contributed by atoms with Crippen molar-refractivity contribution in [3.63, 3.8) is 0 Å². The molecule has 1 aliphatic carbocycles. The molecule has 3 heterocycles. The Labute approximate surface area is 172 Å². The van der Waals surface area contributed by atoms with Gasteiger partial charge in [-0.15, -0.1) is 0 Å². The van der Waals surface area contributed by atoms with Crippen LogP contribution >= 0.6 is 0 Å². The number of amides is 2. The number of hydrogen-bond acceptors (Lipinski definition) is 5. The van der Waals surface area contributed by atoms with Gasteiger partial charge < -0.3 is 20.5 Å². The first-order chi connectivity index (χ1) is 14.5. The molecular weight excluding hydrogens is 385 g/mol. The summed E-state index contributed by atoms with van der Waals surface area (Å²) in [6, 6.07) is 4.95. The van der Waals surface area contributed by atoms with Crippen molar-refractivity contribution in [1.82, 2.24) is 19.9 Å². The summed E-state index contributed by atoms with van der Waals surface area (Å²) in [4.78, 5) is 25.0. The fourth-order valence-electron chi connectivity index (χ4n) is 3.80. The predicted molar refractivity (Wildman–Crippen MR) is 112 cm³/mol. The Bertz CT molecular complexity index is 1200. The van der Waals surface area contributed by atoms with Crippen molar-refractivity contribution in [2.75, 3.05) is 24.2 Å². The lowest BCUT2D eigenvalue weighted by atomic mass is 9.98. The van der Waals surface area contributed by atoms with Gasteiger partial charge in [-0.2, -0.15) is 4.98 Å². The Morgan fingerprint density at radius 3 is 2.90 bits per heavy atom. The molecule has 0 radical (unpaired) electrons. The number of aromatic nitrogens is 3. The second-order valence-electron chi connectivity index (χ2n) is 7.68. The summed E-state index contributed by atoms with van der Waals surface area (Å²) in [5, 5.41) is 8.88. The van der Waals surface area contributed by atoms with Crippen LogP contribution in [0.4, 0.5) is 20.7 Å². The average molecular weight is 407 g/mol. The number of rotatable bonds is 3. The van der Waals surface area contributed by atoms with Gasteiger partial charge in [0.15, 0.2) is 0 Å². The summed E-state index contributed by atoms with van der Waals surface area (Å²) in [5.74, 6) is 1.25. The summed E-state index contributed by atoms with van der Waals surface area (Å²) in [6.07, 6.45) is 3.69. The lowest BCUT2D eigenvalue weighted by molar-refractivity contribution is 0.251. The maximum absolute atomic E-state index is 14.6.